The van der Waals surface area contributed by atoms with E-state index < -0.39 is 87.2 Å². The van der Waals surface area contributed by atoms with Crippen molar-refractivity contribution in [3.63, 3.8) is 0 Å². The number of alkyl halides is 4. The van der Waals surface area contributed by atoms with Gasteiger partial charge < -0.3 is 24.0 Å². The normalized spacial score (nSPS) is 22.9. The molecule has 4 atom stereocenters. The number of benzene rings is 2. The molecular weight excluding hydrogens is 805 g/mol. The SMILES string of the molecule is C[C@@H]1CN(c2nc(OC[C@@]34CCCN3C[C@H](F)C4)nc3c(F)c(-c4ccc(F)c5sc(NC(=O)OC(C)(C)C)nc45)c(C(F)(F)F)cc23)[C@@H](C)CN1C(=O)OC(C)(C)C. The highest BCUT2D eigenvalue weighted by atomic mass is 32.1. The fourth-order valence-corrected chi connectivity index (χ4v) is 9.11. The standard InChI is InChI=1S/C40H47F6N7O5S/c1-20-17-53(36(55)58-38(6,7)8)21(2)16-52(20)32-24-14-25(40(44,45)46)27(23-10-11-26(42)31-30(23)48-34(59-31)50-35(54)57-37(3,4)5)28(43)29(24)47-33(49-32)56-19-39-12-9-13-51(39)18-22(41)15-39/h10-11,14,20-22H,9,12-13,15-19H2,1-8H3,(H,48,50,54)/t20-,21+,22+,39-/m0/s1. The van der Waals surface area contributed by atoms with Gasteiger partial charge in [-0.1, -0.05) is 11.3 Å². The molecule has 3 aliphatic heterocycles. The summed E-state index contributed by atoms with van der Waals surface area (Å²) in [5, 5.41) is 1.90. The van der Waals surface area contributed by atoms with Crippen molar-refractivity contribution in [2.45, 2.75) is 116 Å². The van der Waals surface area contributed by atoms with Gasteiger partial charge in [-0.05, 0) is 93.0 Å². The second-order valence-corrected chi connectivity index (χ2v) is 18.6. The van der Waals surface area contributed by atoms with Gasteiger partial charge in [-0.15, -0.1) is 0 Å². The highest BCUT2D eigenvalue weighted by Gasteiger charge is 2.50. The van der Waals surface area contributed by atoms with Crippen LogP contribution in [-0.2, 0) is 15.7 Å². The van der Waals surface area contributed by atoms with E-state index in [-0.39, 0.29) is 65.2 Å². The molecule has 3 saturated heterocycles. The molecule has 3 fully saturated rings. The summed E-state index contributed by atoms with van der Waals surface area (Å²) < 4.78 is 110. The van der Waals surface area contributed by atoms with Gasteiger partial charge >= 0.3 is 24.4 Å². The number of carbonyl (C=O) groups excluding carboxylic acids is 2. The third kappa shape index (κ3) is 8.54. The van der Waals surface area contributed by atoms with Crippen molar-refractivity contribution in [3.05, 3.63) is 35.4 Å². The predicted molar refractivity (Wildman–Crippen MR) is 211 cm³/mol. The summed E-state index contributed by atoms with van der Waals surface area (Å²) in [6, 6.07) is 1.24. The first-order chi connectivity index (χ1) is 27.4. The molecule has 1 N–H and O–H groups in total. The number of nitrogens with one attached hydrogen (secondary N) is 1. The number of rotatable bonds is 6. The van der Waals surface area contributed by atoms with Crippen molar-refractivity contribution < 1.29 is 50.1 Å². The molecule has 2 amide bonds. The Labute approximate surface area is 341 Å². The van der Waals surface area contributed by atoms with E-state index in [4.69, 9.17) is 14.2 Å². The van der Waals surface area contributed by atoms with Gasteiger partial charge in [-0.3, -0.25) is 10.2 Å². The number of piperazine rings is 1. The Morgan fingerprint density at radius 3 is 2.34 bits per heavy atom. The number of aromatic nitrogens is 3. The third-order valence-corrected chi connectivity index (χ3v) is 11.7. The van der Waals surface area contributed by atoms with Gasteiger partial charge in [0.1, 0.15) is 41.1 Å². The second kappa shape index (κ2) is 15.1. The molecule has 3 aliphatic rings. The summed E-state index contributed by atoms with van der Waals surface area (Å²) in [5.74, 6) is -2.32. The molecule has 4 aromatic rings. The van der Waals surface area contributed by atoms with Crippen LogP contribution in [0.25, 0.3) is 32.2 Å². The van der Waals surface area contributed by atoms with Crippen LogP contribution in [-0.4, -0.2) is 105 Å². The Morgan fingerprint density at radius 2 is 1.66 bits per heavy atom. The highest BCUT2D eigenvalue weighted by molar-refractivity contribution is 7.22. The first-order valence-corrected chi connectivity index (χ1v) is 20.2. The van der Waals surface area contributed by atoms with Crippen molar-refractivity contribution >= 4 is 55.6 Å². The Kier molecular flexibility index (Phi) is 10.9. The summed E-state index contributed by atoms with van der Waals surface area (Å²) in [5.41, 5.74) is -5.95. The Bertz CT molecular complexity index is 2300. The number of fused-ring (bicyclic) bond motifs is 3. The van der Waals surface area contributed by atoms with Crippen LogP contribution in [0.4, 0.5) is 46.9 Å². The number of halogens is 6. The maximum Gasteiger partial charge on any atom is 0.417 e. The zero-order valence-corrected chi connectivity index (χ0v) is 34.8. The number of thiazole rings is 1. The molecule has 59 heavy (non-hydrogen) atoms. The molecule has 19 heteroatoms. The van der Waals surface area contributed by atoms with E-state index in [9.17, 15) is 14.0 Å². The van der Waals surface area contributed by atoms with Crippen LogP contribution < -0.4 is 15.0 Å². The summed E-state index contributed by atoms with van der Waals surface area (Å²) in [7, 11) is 0. The minimum atomic E-state index is -5.16. The molecule has 7 rings (SSSR count). The van der Waals surface area contributed by atoms with Crippen LogP contribution in [0.3, 0.4) is 0 Å². The van der Waals surface area contributed by atoms with Crippen molar-refractivity contribution in [3.8, 4) is 17.1 Å². The lowest BCUT2D eigenvalue weighted by atomic mass is 9.94. The van der Waals surface area contributed by atoms with Crippen LogP contribution in [0, 0.1) is 11.6 Å². The number of hydrogen-bond donors (Lipinski definition) is 1. The largest absolute Gasteiger partial charge is 0.461 e. The maximum atomic E-state index is 17.4. The smallest absolute Gasteiger partial charge is 0.417 e. The average Bonchev–Trinajstić information content (AvgIpc) is 3.79. The molecule has 5 heterocycles. The van der Waals surface area contributed by atoms with Crippen LogP contribution in [0.5, 0.6) is 6.01 Å². The van der Waals surface area contributed by atoms with Crippen molar-refractivity contribution in [2.24, 2.45) is 0 Å². The van der Waals surface area contributed by atoms with Crippen LogP contribution in [0.2, 0.25) is 0 Å². The monoisotopic (exact) mass is 851 g/mol. The fourth-order valence-electron chi connectivity index (χ4n) is 8.23. The Hall–Kier alpha value is -4.65. The topological polar surface area (TPSA) is 122 Å². The molecule has 0 spiro atoms. The third-order valence-electron chi connectivity index (χ3n) is 10.7. The number of anilines is 2. The van der Waals surface area contributed by atoms with E-state index in [1.807, 2.05) is 4.90 Å². The summed E-state index contributed by atoms with van der Waals surface area (Å²) >= 11 is 0.643. The van der Waals surface area contributed by atoms with E-state index >= 15 is 22.0 Å². The van der Waals surface area contributed by atoms with Gasteiger partial charge in [0.25, 0.3) is 0 Å². The molecule has 12 nitrogen and oxygen atoms in total. The molecular formula is C40H47F6N7O5S. The molecule has 2 aromatic heterocycles. The molecule has 0 unspecified atom stereocenters. The van der Waals surface area contributed by atoms with E-state index in [1.165, 1.54) is 4.90 Å². The van der Waals surface area contributed by atoms with Crippen LogP contribution in [0.1, 0.15) is 80.2 Å². The van der Waals surface area contributed by atoms with Gasteiger partial charge in [0, 0.05) is 54.7 Å². The van der Waals surface area contributed by atoms with E-state index in [2.05, 4.69) is 20.3 Å². The quantitative estimate of drug-likeness (QED) is 0.188. The number of hydrogen-bond acceptors (Lipinski definition) is 11. The molecule has 0 radical (unpaired) electrons. The van der Waals surface area contributed by atoms with Crippen LogP contribution >= 0.6 is 11.3 Å². The van der Waals surface area contributed by atoms with Gasteiger partial charge in [0.15, 0.2) is 10.9 Å². The Balaban J connectivity index is 1.38. The molecule has 0 saturated carbocycles. The first-order valence-electron chi connectivity index (χ1n) is 19.4. The second-order valence-electron chi connectivity index (χ2n) is 17.6. The van der Waals surface area contributed by atoms with Gasteiger partial charge in [-0.2, -0.15) is 23.1 Å². The number of nitrogens with zero attached hydrogens (tertiary/aromatic N) is 6. The highest BCUT2D eigenvalue weighted by Crippen LogP contribution is 2.47. The number of amides is 2. The summed E-state index contributed by atoms with van der Waals surface area (Å²) in [6.07, 6.45) is -6.07. The Morgan fingerprint density at radius 1 is 0.949 bits per heavy atom. The first kappa shape index (κ1) is 42.5. The lowest BCUT2D eigenvalue weighted by Crippen LogP contribution is -2.59. The van der Waals surface area contributed by atoms with E-state index in [0.29, 0.717) is 24.3 Å². The van der Waals surface area contributed by atoms with Crippen LogP contribution in [0.15, 0.2) is 18.2 Å². The lowest BCUT2D eigenvalue weighted by molar-refractivity contribution is -0.137. The fraction of sp³-hybridized carbons (Fsp3) is 0.575. The molecule has 320 valence electrons. The van der Waals surface area contributed by atoms with Crippen molar-refractivity contribution in [2.75, 3.05) is 43.0 Å². The molecule has 0 aliphatic carbocycles. The van der Waals surface area contributed by atoms with Gasteiger partial charge in [0.05, 0.1) is 21.3 Å². The predicted octanol–water partition coefficient (Wildman–Crippen LogP) is 9.34. The summed E-state index contributed by atoms with van der Waals surface area (Å²) in [6.45, 7) is 14.6. The van der Waals surface area contributed by atoms with Crippen molar-refractivity contribution in [1.82, 2.24) is 24.8 Å². The van der Waals surface area contributed by atoms with Crippen molar-refractivity contribution in [1.29, 1.82) is 0 Å². The minimum Gasteiger partial charge on any atom is -0.461 e. The van der Waals surface area contributed by atoms with Gasteiger partial charge in [0.2, 0.25) is 0 Å². The number of carbonyl (C=O) groups is 2. The maximum absolute atomic E-state index is 17.4. The zero-order chi connectivity index (χ0) is 43.0. The molecule has 2 aromatic carbocycles. The van der Waals surface area contributed by atoms with Gasteiger partial charge in [-0.25, -0.2) is 27.7 Å². The summed E-state index contributed by atoms with van der Waals surface area (Å²) in [4.78, 5) is 44.1. The van der Waals surface area contributed by atoms with E-state index in [1.54, 1.807) is 60.3 Å². The average molecular weight is 852 g/mol. The number of ether oxygens (including phenoxy) is 3. The van der Waals surface area contributed by atoms with E-state index in [0.717, 1.165) is 24.6 Å². The zero-order valence-electron chi connectivity index (χ0n) is 34.0. The molecule has 0 bridgehead atoms. The minimum absolute atomic E-state index is 0.0450. The lowest BCUT2D eigenvalue weighted by Gasteiger charge is -2.45.